The molecule has 0 aromatic rings. The van der Waals surface area contributed by atoms with Crippen LogP contribution in [-0.4, -0.2) is 26.4 Å². The van der Waals surface area contributed by atoms with E-state index in [0.29, 0.717) is 0 Å². The van der Waals surface area contributed by atoms with Crippen LogP contribution in [0.3, 0.4) is 0 Å². The molecule has 6 nitrogen and oxygen atoms in total. The molecule has 0 atom stereocenters. The predicted molar refractivity (Wildman–Crippen MR) is 98.7 cm³/mol. The first-order valence-corrected chi connectivity index (χ1v) is 13.1. The van der Waals surface area contributed by atoms with Crippen LogP contribution in [0, 0.1) is 0 Å². The van der Waals surface area contributed by atoms with Crippen molar-refractivity contribution in [3.63, 3.8) is 0 Å². The van der Waals surface area contributed by atoms with E-state index in [0.717, 1.165) is 51.4 Å². The highest BCUT2D eigenvalue weighted by molar-refractivity contribution is 8.27. The van der Waals surface area contributed by atoms with Crippen LogP contribution in [0.25, 0.3) is 0 Å². The lowest BCUT2D eigenvalue weighted by Gasteiger charge is -2.25. The third kappa shape index (κ3) is 9.12. The molecule has 0 spiro atoms. The first kappa shape index (κ1) is 24.3. The molecular formula is C16H36O6P2. The van der Waals surface area contributed by atoms with E-state index in [1.165, 1.54) is 0 Å². The highest BCUT2D eigenvalue weighted by atomic mass is 32.1. The maximum atomic E-state index is 13.1. The number of rotatable bonds is 17. The van der Waals surface area contributed by atoms with Crippen LogP contribution in [-0.2, 0) is 27.2 Å². The lowest BCUT2D eigenvalue weighted by atomic mass is 10.2. The minimum atomic E-state index is -3.96. The predicted octanol–water partition coefficient (Wildman–Crippen LogP) is 6.55. The Morgan fingerprint density at radius 1 is 0.542 bits per heavy atom. The maximum absolute atomic E-state index is 13.1. The SMILES string of the molecule is CCCCCCOP(=O)(OCCCCCC)P(=O)(OCC)OCC. The molecule has 0 unspecified atom stereocenters. The van der Waals surface area contributed by atoms with Gasteiger partial charge >= 0.3 is 14.6 Å². The molecule has 0 amide bonds. The highest BCUT2D eigenvalue weighted by Crippen LogP contribution is 2.83. The van der Waals surface area contributed by atoms with Crippen molar-refractivity contribution in [3.8, 4) is 0 Å². The van der Waals surface area contributed by atoms with Gasteiger partial charge in [0.05, 0.1) is 26.4 Å². The van der Waals surface area contributed by atoms with Crippen LogP contribution < -0.4 is 0 Å². The second kappa shape index (κ2) is 14.5. The Labute approximate surface area is 147 Å². The summed E-state index contributed by atoms with van der Waals surface area (Å²) in [6.45, 7) is 8.30. The van der Waals surface area contributed by atoms with Crippen molar-refractivity contribution in [1.29, 1.82) is 0 Å². The van der Waals surface area contributed by atoms with Crippen LogP contribution >= 0.6 is 14.6 Å². The van der Waals surface area contributed by atoms with Gasteiger partial charge in [-0.2, -0.15) is 0 Å². The second-order valence-corrected chi connectivity index (χ2v) is 11.4. The topological polar surface area (TPSA) is 71.1 Å². The van der Waals surface area contributed by atoms with Gasteiger partial charge < -0.3 is 18.1 Å². The van der Waals surface area contributed by atoms with Crippen molar-refractivity contribution in [2.24, 2.45) is 0 Å². The molecule has 0 heterocycles. The van der Waals surface area contributed by atoms with Gasteiger partial charge in [0.25, 0.3) is 0 Å². The van der Waals surface area contributed by atoms with Gasteiger partial charge in [0.15, 0.2) is 0 Å². The molecule has 0 saturated carbocycles. The van der Waals surface area contributed by atoms with Crippen LogP contribution in [0.5, 0.6) is 0 Å². The van der Waals surface area contributed by atoms with E-state index < -0.39 is 14.6 Å². The van der Waals surface area contributed by atoms with E-state index in [9.17, 15) is 9.13 Å². The summed E-state index contributed by atoms with van der Waals surface area (Å²) < 4.78 is 47.4. The Morgan fingerprint density at radius 3 is 1.25 bits per heavy atom. The summed E-state index contributed by atoms with van der Waals surface area (Å²) >= 11 is 0. The van der Waals surface area contributed by atoms with Crippen LogP contribution in [0.1, 0.15) is 79.1 Å². The van der Waals surface area contributed by atoms with Gasteiger partial charge in [0.1, 0.15) is 0 Å². The smallest absolute Gasteiger partial charge is 0.300 e. The van der Waals surface area contributed by atoms with Gasteiger partial charge in [-0.3, -0.25) is 0 Å². The van der Waals surface area contributed by atoms with Crippen molar-refractivity contribution in [1.82, 2.24) is 0 Å². The van der Waals surface area contributed by atoms with Gasteiger partial charge in [-0.25, -0.2) is 9.13 Å². The lowest BCUT2D eigenvalue weighted by Crippen LogP contribution is -2.05. The summed E-state index contributed by atoms with van der Waals surface area (Å²) in [5, 5.41) is 0. The molecule has 0 aliphatic carbocycles. The van der Waals surface area contributed by atoms with Crippen LogP contribution in [0.2, 0.25) is 0 Å². The largest absolute Gasteiger partial charge is 0.441 e. The van der Waals surface area contributed by atoms with E-state index in [2.05, 4.69) is 13.8 Å². The fourth-order valence-corrected chi connectivity index (χ4v) is 7.07. The molecule has 0 radical (unpaired) electrons. The Kier molecular flexibility index (Phi) is 14.6. The zero-order valence-corrected chi connectivity index (χ0v) is 17.6. The maximum Gasteiger partial charge on any atom is 0.441 e. The summed E-state index contributed by atoms with van der Waals surface area (Å²) in [5.74, 6) is 0. The summed E-state index contributed by atoms with van der Waals surface area (Å²) in [4.78, 5) is 0. The molecule has 0 rings (SSSR count). The Hall–Kier alpha value is 0.300. The van der Waals surface area contributed by atoms with Gasteiger partial charge in [0.2, 0.25) is 0 Å². The molecule has 0 aromatic heterocycles. The molecule has 0 aliphatic heterocycles. The minimum absolute atomic E-state index is 0.125. The molecule has 0 aromatic carbocycles. The zero-order chi connectivity index (χ0) is 18.3. The number of hydrogen-bond acceptors (Lipinski definition) is 6. The van der Waals surface area contributed by atoms with E-state index in [-0.39, 0.29) is 26.4 Å². The van der Waals surface area contributed by atoms with E-state index >= 15 is 0 Å². The summed E-state index contributed by atoms with van der Waals surface area (Å²) in [6.07, 6.45) is 7.80. The normalized spacial score (nSPS) is 12.7. The molecule has 0 bridgehead atoms. The average molecular weight is 386 g/mol. The molecule has 146 valence electrons. The van der Waals surface area contributed by atoms with Crippen molar-refractivity contribution in [2.45, 2.75) is 79.1 Å². The highest BCUT2D eigenvalue weighted by Gasteiger charge is 2.50. The Bertz CT molecular complexity index is 361. The second-order valence-electron chi connectivity index (χ2n) is 5.56. The van der Waals surface area contributed by atoms with Crippen molar-refractivity contribution >= 4 is 14.6 Å². The van der Waals surface area contributed by atoms with Crippen molar-refractivity contribution in [2.75, 3.05) is 26.4 Å². The lowest BCUT2D eigenvalue weighted by molar-refractivity contribution is 0.180. The first-order chi connectivity index (χ1) is 11.5. The van der Waals surface area contributed by atoms with Gasteiger partial charge in [-0.1, -0.05) is 52.4 Å². The van der Waals surface area contributed by atoms with E-state index in [1.54, 1.807) is 13.8 Å². The number of hydrogen-bond donors (Lipinski definition) is 0. The molecule has 24 heavy (non-hydrogen) atoms. The molecule has 0 saturated heterocycles. The van der Waals surface area contributed by atoms with Gasteiger partial charge in [-0.05, 0) is 26.7 Å². The van der Waals surface area contributed by atoms with Gasteiger partial charge in [-0.15, -0.1) is 0 Å². The van der Waals surface area contributed by atoms with Crippen LogP contribution in [0.15, 0.2) is 0 Å². The molecule has 0 aliphatic rings. The quantitative estimate of drug-likeness (QED) is 0.208. The van der Waals surface area contributed by atoms with E-state index in [1.807, 2.05) is 0 Å². The molecule has 0 N–H and O–H groups in total. The fraction of sp³-hybridized carbons (Fsp3) is 1.00. The molecule has 0 fully saturated rings. The monoisotopic (exact) mass is 386 g/mol. The Morgan fingerprint density at radius 2 is 0.917 bits per heavy atom. The minimum Gasteiger partial charge on any atom is -0.300 e. The standard InChI is InChI=1S/C16H36O6P2/c1-5-9-11-13-15-21-24(18,22-16-14-12-10-6-2)23(17,19-7-3)20-8-4/h5-16H2,1-4H3. The Balaban J connectivity index is 4.82. The fourth-order valence-electron chi connectivity index (χ4n) is 2.10. The first-order valence-electron chi connectivity index (χ1n) is 9.28. The third-order valence-electron chi connectivity index (χ3n) is 3.39. The van der Waals surface area contributed by atoms with Gasteiger partial charge in [0, 0.05) is 0 Å². The zero-order valence-electron chi connectivity index (χ0n) is 15.8. The average Bonchev–Trinajstić information content (AvgIpc) is 2.55. The number of unbranched alkanes of at least 4 members (excludes halogenated alkanes) is 6. The molecular weight excluding hydrogens is 350 g/mol. The van der Waals surface area contributed by atoms with Crippen LogP contribution in [0.4, 0.5) is 0 Å². The summed E-state index contributed by atoms with van der Waals surface area (Å²) in [6, 6.07) is 0. The third-order valence-corrected chi connectivity index (χ3v) is 9.36. The van der Waals surface area contributed by atoms with Crippen molar-refractivity contribution in [3.05, 3.63) is 0 Å². The molecule has 8 heteroatoms. The summed E-state index contributed by atoms with van der Waals surface area (Å²) in [7, 11) is -7.90. The van der Waals surface area contributed by atoms with Crippen molar-refractivity contribution < 1.29 is 27.2 Å². The van der Waals surface area contributed by atoms with E-state index in [4.69, 9.17) is 18.1 Å². The summed E-state index contributed by atoms with van der Waals surface area (Å²) in [5.41, 5.74) is 0.